The van der Waals surface area contributed by atoms with Gasteiger partial charge in [0.25, 0.3) is 5.91 Å². The fraction of sp³-hybridized carbons (Fsp3) is 0.381. The van der Waals surface area contributed by atoms with Crippen LogP contribution in [0.25, 0.3) is 0 Å². The molecular formula is C21H25NO3. The Morgan fingerprint density at radius 2 is 1.96 bits per heavy atom. The number of hydrogen-bond acceptors (Lipinski definition) is 3. The van der Waals surface area contributed by atoms with Crippen molar-refractivity contribution in [1.82, 2.24) is 5.32 Å². The van der Waals surface area contributed by atoms with Crippen LogP contribution in [0.5, 0.6) is 11.5 Å². The summed E-state index contributed by atoms with van der Waals surface area (Å²) < 4.78 is 11.4. The van der Waals surface area contributed by atoms with E-state index in [-0.39, 0.29) is 17.6 Å². The van der Waals surface area contributed by atoms with Crippen molar-refractivity contribution in [3.05, 3.63) is 58.7 Å². The van der Waals surface area contributed by atoms with Gasteiger partial charge >= 0.3 is 0 Å². The third kappa shape index (κ3) is 3.63. The molecule has 0 spiro atoms. The fourth-order valence-corrected chi connectivity index (χ4v) is 3.30. The topological polar surface area (TPSA) is 47.6 Å². The summed E-state index contributed by atoms with van der Waals surface area (Å²) in [6, 6.07) is 11.5. The molecule has 1 amide bonds. The van der Waals surface area contributed by atoms with Gasteiger partial charge in [-0.15, -0.1) is 0 Å². The van der Waals surface area contributed by atoms with Crippen LogP contribution < -0.4 is 14.8 Å². The largest absolute Gasteiger partial charge is 0.497 e. The molecule has 1 unspecified atom stereocenters. The van der Waals surface area contributed by atoms with Crippen molar-refractivity contribution in [3.63, 3.8) is 0 Å². The number of nitrogens with one attached hydrogen (secondary N) is 1. The summed E-state index contributed by atoms with van der Waals surface area (Å²) in [7, 11) is 1.64. The molecule has 1 heterocycles. The highest BCUT2D eigenvalue weighted by molar-refractivity contribution is 5.96. The molecule has 2 aromatic rings. The van der Waals surface area contributed by atoms with Gasteiger partial charge in [-0.05, 0) is 57.5 Å². The number of hydrogen-bond donors (Lipinski definition) is 1. The molecule has 2 aromatic carbocycles. The first kappa shape index (κ1) is 17.3. The molecule has 0 aliphatic carbocycles. The second kappa shape index (κ2) is 6.43. The first-order valence-electron chi connectivity index (χ1n) is 8.54. The molecule has 1 atom stereocenters. The molecule has 132 valence electrons. The Bertz CT molecular complexity index is 811. The standard InChI is InChI=1S/C21H25NO3/c1-13-6-7-14(2)16(10-13)20(23)22-18-12-21(3,4)25-19-9-8-15(24-5)11-17(18)19/h6-11,18H,12H2,1-5H3,(H,22,23). The molecule has 1 aliphatic rings. The van der Waals surface area contributed by atoms with Crippen LogP contribution >= 0.6 is 0 Å². The number of carbonyl (C=O) groups is 1. The van der Waals surface area contributed by atoms with E-state index in [1.807, 2.05) is 64.1 Å². The summed E-state index contributed by atoms with van der Waals surface area (Å²) in [5.41, 5.74) is 3.37. The molecule has 0 saturated heterocycles. The average Bonchev–Trinajstić information content (AvgIpc) is 2.55. The molecule has 3 rings (SSSR count). The number of aryl methyl sites for hydroxylation is 2. The minimum atomic E-state index is -0.346. The minimum absolute atomic E-state index is 0.0577. The van der Waals surface area contributed by atoms with Gasteiger partial charge in [-0.3, -0.25) is 4.79 Å². The Morgan fingerprint density at radius 3 is 2.68 bits per heavy atom. The van der Waals surface area contributed by atoms with Crippen molar-refractivity contribution < 1.29 is 14.3 Å². The number of benzene rings is 2. The van der Waals surface area contributed by atoms with Gasteiger partial charge < -0.3 is 14.8 Å². The first-order chi connectivity index (χ1) is 11.8. The maximum Gasteiger partial charge on any atom is 0.252 e. The summed E-state index contributed by atoms with van der Waals surface area (Å²) >= 11 is 0. The van der Waals surface area contributed by atoms with Gasteiger partial charge in [-0.2, -0.15) is 0 Å². The Labute approximate surface area is 149 Å². The van der Waals surface area contributed by atoms with E-state index in [4.69, 9.17) is 9.47 Å². The van der Waals surface area contributed by atoms with Crippen molar-refractivity contribution in [3.8, 4) is 11.5 Å². The summed E-state index contributed by atoms with van der Waals surface area (Å²) in [6.07, 6.45) is 0.698. The van der Waals surface area contributed by atoms with Crippen LogP contribution in [-0.4, -0.2) is 18.6 Å². The van der Waals surface area contributed by atoms with Gasteiger partial charge in [0.05, 0.1) is 13.2 Å². The molecule has 0 bridgehead atoms. The number of carbonyl (C=O) groups excluding carboxylic acids is 1. The molecule has 0 saturated carbocycles. The Hall–Kier alpha value is -2.49. The number of methoxy groups -OCH3 is 1. The van der Waals surface area contributed by atoms with Gasteiger partial charge in [0, 0.05) is 17.5 Å². The van der Waals surface area contributed by atoms with E-state index in [0.717, 1.165) is 28.2 Å². The zero-order valence-corrected chi connectivity index (χ0v) is 15.5. The normalized spacial score (nSPS) is 18.0. The minimum Gasteiger partial charge on any atom is -0.497 e. The van der Waals surface area contributed by atoms with Crippen LogP contribution in [0.2, 0.25) is 0 Å². The Kier molecular flexibility index (Phi) is 4.46. The van der Waals surface area contributed by atoms with Gasteiger partial charge in [-0.25, -0.2) is 0 Å². The van der Waals surface area contributed by atoms with Crippen LogP contribution in [-0.2, 0) is 0 Å². The number of ether oxygens (including phenoxy) is 2. The molecule has 25 heavy (non-hydrogen) atoms. The van der Waals surface area contributed by atoms with Crippen molar-refractivity contribution >= 4 is 5.91 Å². The first-order valence-corrected chi connectivity index (χ1v) is 8.54. The van der Waals surface area contributed by atoms with Crippen molar-refractivity contribution in [2.24, 2.45) is 0 Å². The average molecular weight is 339 g/mol. The van der Waals surface area contributed by atoms with E-state index >= 15 is 0 Å². The van der Waals surface area contributed by atoms with Gasteiger partial charge in [0.2, 0.25) is 0 Å². The van der Waals surface area contributed by atoms with Crippen LogP contribution in [0.4, 0.5) is 0 Å². The highest BCUT2D eigenvalue weighted by Gasteiger charge is 2.35. The molecule has 0 aromatic heterocycles. The molecule has 1 aliphatic heterocycles. The third-order valence-electron chi connectivity index (χ3n) is 4.62. The maximum absolute atomic E-state index is 12.9. The molecular weight excluding hydrogens is 314 g/mol. The predicted octanol–water partition coefficient (Wildman–Crippen LogP) is 4.34. The predicted molar refractivity (Wildman–Crippen MR) is 98.4 cm³/mol. The second-order valence-corrected chi connectivity index (χ2v) is 7.31. The zero-order valence-electron chi connectivity index (χ0n) is 15.5. The third-order valence-corrected chi connectivity index (χ3v) is 4.62. The molecule has 0 radical (unpaired) electrons. The maximum atomic E-state index is 12.9. The van der Waals surface area contributed by atoms with E-state index in [9.17, 15) is 4.79 Å². The lowest BCUT2D eigenvalue weighted by atomic mass is 9.89. The highest BCUT2D eigenvalue weighted by atomic mass is 16.5. The second-order valence-electron chi connectivity index (χ2n) is 7.31. The van der Waals surface area contributed by atoms with Crippen LogP contribution in [0.3, 0.4) is 0 Å². The molecule has 4 nitrogen and oxygen atoms in total. The summed E-state index contributed by atoms with van der Waals surface area (Å²) in [4.78, 5) is 12.9. The molecule has 0 fully saturated rings. The fourth-order valence-electron chi connectivity index (χ4n) is 3.30. The summed E-state index contributed by atoms with van der Waals surface area (Å²) in [6.45, 7) is 8.03. The van der Waals surface area contributed by atoms with E-state index in [1.165, 1.54) is 0 Å². The van der Waals surface area contributed by atoms with Crippen LogP contribution in [0.1, 0.15) is 53.4 Å². The smallest absolute Gasteiger partial charge is 0.252 e. The number of fused-ring (bicyclic) bond motifs is 1. The lowest BCUT2D eigenvalue weighted by Gasteiger charge is -2.38. The lowest BCUT2D eigenvalue weighted by molar-refractivity contribution is 0.0618. The van der Waals surface area contributed by atoms with Crippen molar-refractivity contribution in [1.29, 1.82) is 0 Å². The number of amides is 1. The van der Waals surface area contributed by atoms with E-state index < -0.39 is 0 Å². The molecule has 1 N–H and O–H groups in total. The Balaban J connectivity index is 1.94. The lowest BCUT2D eigenvalue weighted by Crippen LogP contribution is -2.41. The molecule has 4 heteroatoms. The zero-order chi connectivity index (χ0) is 18.2. The van der Waals surface area contributed by atoms with Gasteiger partial charge in [-0.1, -0.05) is 17.7 Å². The van der Waals surface area contributed by atoms with Crippen molar-refractivity contribution in [2.75, 3.05) is 7.11 Å². The quantitative estimate of drug-likeness (QED) is 0.904. The van der Waals surface area contributed by atoms with E-state index in [0.29, 0.717) is 12.0 Å². The Morgan fingerprint density at radius 1 is 1.20 bits per heavy atom. The summed E-state index contributed by atoms with van der Waals surface area (Å²) in [5, 5.41) is 3.19. The van der Waals surface area contributed by atoms with Crippen LogP contribution in [0, 0.1) is 13.8 Å². The van der Waals surface area contributed by atoms with Crippen molar-refractivity contribution in [2.45, 2.75) is 45.8 Å². The van der Waals surface area contributed by atoms with Gasteiger partial charge in [0.1, 0.15) is 17.1 Å². The summed E-state index contributed by atoms with van der Waals surface area (Å²) in [5.74, 6) is 1.49. The number of rotatable bonds is 3. The van der Waals surface area contributed by atoms with Gasteiger partial charge in [0.15, 0.2) is 0 Å². The van der Waals surface area contributed by atoms with Crippen LogP contribution in [0.15, 0.2) is 36.4 Å². The van der Waals surface area contributed by atoms with E-state index in [2.05, 4.69) is 5.32 Å². The van der Waals surface area contributed by atoms with E-state index in [1.54, 1.807) is 7.11 Å². The SMILES string of the molecule is COc1ccc2c(c1)C(NC(=O)c1cc(C)ccc1C)CC(C)(C)O2. The highest BCUT2D eigenvalue weighted by Crippen LogP contribution is 2.41. The monoisotopic (exact) mass is 339 g/mol.